The zero-order chi connectivity index (χ0) is 26.5. The molecule has 2 aromatic heterocycles. The fourth-order valence-electron chi connectivity index (χ4n) is 3.74. The molecular weight excluding hydrogens is 494 g/mol. The van der Waals surface area contributed by atoms with Crippen LogP contribution in [0.25, 0.3) is 0 Å². The van der Waals surface area contributed by atoms with Gasteiger partial charge in [0.2, 0.25) is 0 Å². The number of ether oxygens (including phenoxy) is 1. The van der Waals surface area contributed by atoms with Gasteiger partial charge in [-0.15, -0.1) is 11.3 Å². The number of ketones is 1. The molecule has 0 fully saturated rings. The van der Waals surface area contributed by atoms with Crippen LogP contribution < -0.4 is 15.4 Å². The van der Waals surface area contributed by atoms with Crippen molar-refractivity contribution in [1.82, 2.24) is 14.5 Å². The first kappa shape index (κ1) is 25.6. The Morgan fingerprint density at radius 2 is 1.86 bits per heavy atom. The molecule has 2 amide bonds. The van der Waals surface area contributed by atoms with E-state index in [-0.39, 0.29) is 11.5 Å². The molecule has 0 saturated carbocycles. The average Bonchev–Trinajstić information content (AvgIpc) is 3.49. The fourth-order valence-corrected chi connectivity index (χ4v) is 4.55. The summed E-state index contributed by atoms with van der Waals surface area (Å²) in [5, 5.41) is 14.9. The molecule has 10 nitrogen and oxygen atoms in total. The molecule has 0 spiro atoms. The van der Waals surface area contributed by atoms with Crippen molar-refractivity contribution < 1.29 is 24.2 Å². The summed E-state index contributed by atoms with van der Waals surface area (Å²) in [5.41, 5.74) is 1.97. The van der Waals surface area contributed by atoms with Gasteiger partial charge in [-0.25, -0.2) is 19.6 Å². The third-order valence-corrected chi connectivity index (χ3v) is 6.55. The van der Waals surface area contributed by atoms with Gasteiger partial charge in [0.05, 0.1) is 18.4 Å². The number of carboxylic acids is 1. The van der Waals surface area contributed by atoms with Crippen LogP contribution in [0.2, 0.25) is 0 Å². The van der Waals surface area contributed by atoms with Crippen molar-refractivity contribution >= 4 is 39.9 Å². The first-order valence-electron chi connectivity index (χ1n) is 11.3. The molecule has 0 bridgehead atoms. The van der Waals surface area contributed by atoms with Crippen molar-refractivity contribution in [2.45, 2.75) is 19.8 Å². The normalized spacial score (nSPS) is 10.7. The molecule has 4 rings (SSSR count). The van der Waals surface area contributed by atoms with Crippen LogP contribution in [0.4, 0.5) is 15.6 Å². The molecular formula is C26H25N5O5S. The standard InChI is InChI=1S/C26H25N5O5S/c1-15-8-10-19(18(12-15)23(32)17-6-4-5-7-21(17)36-3)29-25(35)30-26-27-13-16(37-26)9-11-22-28-20(24(33)34)14-31(22)2/h4-8,10,12-14H,9,11H2,1-3H3,(H,33,34)(H2,27,29,30,35). The molecule has 0 saturated heterocycles. The molecule has 11 heteroatoms. The Hall–Kier alpha value is -4.51. The van der Waals surface area contributed by atoms with E-state index in [4.69, 9.17) is 9.84 Å². The third kappa shape index (κ3) is 6.01. The number of hydrogen-bond donors (Lipinski definition) is 3. The molecule has 190 valence electrons. The van der Waals surface area contributed by atoms with Crippen LogP contribution in [0.3, 0.4) is 0 Å². The molecule has 2 heterocycles. The third-order valence-electron chi connectivity index (χ3n) is 5.58. The number of amides is 2. The number of aromatic nitrogens is 3. The Morgan fingerprint density at radius 3 is 2.59 bits per heavy atom. The van der Waals surface area contributed by atoms with E-state index in [1.54, 1.807) is 54.2 Å². The number of imidazole rings is 1. The summed E-state index contributed by atoms with van der Waals surface area (Å²) in [7, 11) is 3.25. The van der Waals surface area contributed by atoms with E-state index in [1.165, 1.54) is 24.6 Å². The number of rotatable bonds is 9. The Balaban J connectivity index is 1.43. The Morgan fingerprint density at radius 1 is 1.08 bits per heavy atom. The molecule has 0 aliphatic rings. The summed E-state index contributed by atoms with van der Waals surface area (Å²) in [6.45, 7) is 1.87. The van der Waals surface area contributed by atoms with E-state index >= 15 is 0 Å². The van der Waals surface area contributed by atoms with E-state index in [0.717, 1.165) is 10.4 Å². The van der Waals surface area contributed by atoms with Gasteiger partial charge in [0, 0.05) is 36.3 Å². The second kappa shape index (κ2) is 11.0. The maximum Gasteiger partial charge on any atom is 0.356 e. The molecule has 2 aromatic carbocycles. The number of benzene rings is 2. The lowest BCUT2D eigenvalue weighted by Gasteiger charge is -2.13. The van der Waals surface area contributed by atoms with Crippen molar-refractivity contribution in [3.8, 4) is 5.75 Å². The number of methoxy groups -OCH3 is 1. The van der Waals surface area contributed by atoms with Gasteiger partial charge in [0.1, 0.15) is 11.6 Å². The van der Waals surface area contributed by atoms with E-state index in [9.17, 15) is 14.4 Å². The summed E-state index contributed by atoms with van der Waals surface area (Å²) in [4.78, 5) is 46.4. The highest BCUT2D eigenvalue weighted by atomic mass is 32.1. The van der Waals surface area contributed by atoms with Crippen molar-refractivity contribution in [3.05, 3.63) is 87.9 Å². The number of nitrogens with zero attached hydrogens (tertiary/aromatic N) is 3. The second-order valence-corrected chi connectivity index (χ2v) is 9.36. The zero-order valence-electron chi connectivity index (χ0n) is 20.4. The molecule has 0 aliphatic heterocycles. The highest BCUT2D eigenvalue weighted by Gasteiger charge is 2.19. The van der Waals surface area contributed by atoms with Gasteiger partial charge < -0.3 is 19.7 Å². The van der Waals surface area contributed by atoms with Gasteiger partial charge in [-0.3, -0.25) is 10.1 Å². The smallest absolute Gasteiger partial charge is 0.356 e. The fraction of sp³-hybridized carbons (Fsp3) is 0.192. The van der Waals surface area contributed by atoms with Crippen LogP contribution in [-0.4, -0.2) is 44.5 Å². The number of thiazole rings is 1. The lowest BCUT2D eigenvalue weighted by atomic mass is 9.99. The topological polar surface area (TPSA) is 135 Å². The monoisotopic (exact) mass is 519 g/mol. The lowest BCUT2D eigenvalue weighted by Crippen LogP contribution is -2.21. The Kier molecular flexibility index (Phi) is 7.63. The molecule has 0 atom stereocenters. The van der Waals surface area contributed by atoms with Crippen LogP contribution in [-0.2, 0) is 19.9 Å². The maximum atomic E-state index is 13.3. The van der Waals surface area contributed by atoms with E-state index in [2.05, 4.69) is 20.6 Å². The Bertz CT molecular complexity index is 1480. The summed E-state index contributed by atoms with van der Waals surface area (Å²) in [5.74, 6) is -0.249. The minimum Gasteiger partial charge on any atom is -0.496 e. The minimum absolute atomic E-state index is 0.000459. The number of aromatic carboxylic acids is 1. The number of hydrogen-bond acceptors (Lipinski definition) is 7. The van der Waals surface area contributed by atoms with E-state index in [0.29, 0.717) is 46.4 Å². The number of nitrogens with one attached hydrogen (secondary N) is 2. The maximum absolute atomic E-state index is 13.3. The van der Waals surface area contributed by atoms with Gasteiger partial charge in [0.15, 0.2) is 16.6 Å². The number of aryl methyl sites for hydroxylation is 4. The summed E-state index contributed by atoms with van der Waals surface area (Å²) in [6, 6.07) is 11.6. The first-order chi connectivity index (χ1) is 17.7. The van der Waals surface area contributed by atoms with Gasteiger partial charge in [-0.05, 0) is 37.6 Å². The molecule has 0 unspecified atom stereocenters. The van der Waals surface area contributed by atoms with Crippen LogP contribution in [0.1, 0.15) is 42.7 Å². The molecule has 0 aliphatic carbocycles. The first-order valence-corrected chi connectivity index (χ1v) is 12.1. The highest BCUT2D eigenvalue weighted by Crippen LogP contribution is 2.27. The summed E-state index contributed by atoms with van der Waals surface area (Å²) in [6.07, 6.45) is 4.24. The number of para-hydroxylation sites is 1. The van der Waals surface area contributed by atoms with Gasteiger partial charge >= 0.3 is 12.0 Å². The number of anilines is 2. The number of carbonyl (C=O) groups is 3. The molecule has 0 radical (unpaired) electrons. The predicted octanol–water partition coefficient (Wildman–Crippen LogP) is 4.55. The molecule has 3 N–H and O–H groups in total. The molecule has 37 heavy (non-hydrogen) atoms. The van der Waals surface area contributed by atoms with Crippen LogP contribution in [0.5, 0.6) is 5.75 Å². The largest absolute Gasteiger partial charge is 0.496 e. The minimum atomic E-state index is -1.07. The summed E-state index contributed by atoms with van der Waals surface area (Å²) < 4.78 is 7.01. The second-order valence-electron chi connectivity index (χ2n) is 8.25. The van der Waals surface area contributed by atoms with E-state index in [1.807, 2.05) is 13.0 Å². The van der Waals surface area contributed by atoms with Crippen molar-refractivity contribution in [2.24, 2.45) is 7.05 Å². The number of carboxylic acid groups (broad SMARTS) is 1. The van der Waals surface area contributed by atoms with Crippen LogP contribution >= 0.6 is 11.3 Å². The SMILES string of the molecule is COc1ccccc1C(=O)c1cc(C)ccc1NC(=O)Nc1ncc(CCc2nc(C(=O)O)cn2C)s1. The van der Waals surface area contributed by atoms with Crippen molar-refractivity contribution in [2.75, 3.05) is 17.7 Å². The van der Waals surface area contributed by atoms with Gasteiger partial charge in [-0.2, -0.15) is 0 Å². The van der Waals surface area contributed by atoms with Gasteiger partial charge in [0.25, 0.3) is 0 Å². The van der Waals surface area contributed by atoms with E-state index < -0.39 is 12.0 Å². The predicted molar refractivity (Wildman–Crippen MR) is 140 cm³/mol. The highest BCUT2D eigenvalue weighted by molar-refractivity contribution is 7.15. The van der Waals surface area contributed by atoms with Gasteiger partial charge in [-0.1, -0.05) is 23.8 Å². The molecule has 4 aromatic rings. The number of urea groups is 1. The Labute approximate surface area is 217 Å². The average molecular weight is 520 g/mol. The van der Waals surface area contributed by atoms with Crippen LogP contribution in [0, 0.1) is 6.92 Å². The van der Waals surface area contributed by atoms with Crippen molar-refractivity contribution in [1.29, 1.82) is 0 Å². The quantitative estimate of drug-likeness (QED) is 0.276. The summed E-state index contributed by atoms with van der Waals surface area (Å²) >= 11 is 1.30. The van der Waals surface area contributed by atoms with Crippen molar-refractivity contribution in [3.63, 3.8) is 0 Å². The number of carbonyl (C=O) groups excluding carboxylic acids is 2. The zero-order valence-corrected chi connectivity index (χ0v) is 21.3. The lowest BCUT2D eigenvalue weighted by molar-refractivity contribution is 0.0690. The van der Waals surface area contributed by atoms with Crippen LogP contribution in [0.15, 0.2) is 54.9 Å².